The number of benzene rings is 2. The zero-order valence-electron chi connectivity index (χ0n) is 11.1. The van der Waals surface area contributed by atoms with Gasteiger partial charge in [0.25, 0.3) is 0 Å². The maximum Gasteiger partial charge on any atom is 0.413 e. The van der Waals surface area contributed by atoms with Gasteiger partial charge in [0, 0.05) is 16.9 Å². The fraction of sp³-hybridized carbons (Fsp3) is 0.0667. The number of hydrogen-bond acceptors (Lipinski definition) is 5. The lowest BCUT2D eigenvalue weighted by molar-refractivity contribution is 0.153. The minimum atomic E-state index is -0.698. The molecule has 0 aliphatic carbocycles. The summed E-state index contributed by atoms with van der Waals surface area (Å²) in [7, 11) is 0. The summed E-state index contributed by atoms with van der Waals surface area (Å²) in [5.41, 5.74) is 2.81. The predicted molar refractivity (Wildman–Crippen MR) is 81.1 cm³/mol. The summed E-state index contributed by atoms with van der Waals surface area (Å²) < 4.78 is 5.33. The molecule has 4 N–H and O–H groups in total. The standard InChI is InChI=1S/C15H14N4O2/c16-19-13-11-8-4-5-9-12(11)18-14(13)21-15(20)17-10-6-2-1-3-7-10/h1-9,14,18H,16H2,(H,17,20)/t14-/m0/s1. The molecule has 0 unspecified atom stereocenters. The molecule has 2 aromatic rings. The maximum absolute atomic E-state index is 11.9. The van der Waals surface area contributed by atoms with Crippen molar-refractivity contribution in [1.82, 2.24) is 0 Å². The fourth-order valence-corrected chi connectivity index (χ4v) is 2.18. The van der Waals surface area contributed by atoms with E-state index in [0.717, 1.165) is 11.3 Å². The average Bonchev–Trinajstić information content (AvgIpc) is 2.85. The van der Waals surface area contributed by atoms with Gasteiger partial charge in [-0.05, 0) is 18.2 Å². The highest BCUT2D eigenvalue weighted by molar-refractivity contribution is 6.13. The Morgan fingerprint density at radius 2 is 1.86 bits per heavy atom. The van der Waals surface area contributed by atoms with Crippen LogP contribution in [0.3, 0.4) is 0 Å². The zero-order valence-corrected chi connectivity index (χ0v) is 11.1. The molecule has 106 valence electrons. The first-order valence-corrected chi connectivity index (χ1v) is 6.44. The molecule has 2 aromatic carbocycles. The number of rotatable bonds is 2. The van der Waals surface area contributed by atoms with Gasteiger partial charge in [-0.3, -0.25) is 5.32 Å². The highest BCUT2D eigenvalue weighted by Crippen LogP contribution is 2.26. The second-order valence-electron chi connectivity index (χ2n) is 4.48. The van der Waals surface area contributed by atoms with E-state index in [-0.39, 0.29) is 0 Å². The molecule has 0 spiro atoms. The summed E-state index contributed by atoms with van der Waals surface area (Å²) in [4.78, 5) is 11.9. The van der Waals surface area contributed by atoms with Gasteiger partial charge in [0.1, 0.15) is 5.71 Å². The molecule has 6 nitrogen and oxygen atoms in total. The van der Waals surface area contributed by atoms with E-state index < -0.39 is 12.3 Å². The van der Waals surface area contributed by atoms with Gasteiger partial charge in [0.2, 0.25) is 6.23 Å². The van der Waals surface area contributed by atoms with Crippen LogP contribution in [0.15, 0.2) is 59.7 Å². The third kappa shape index (κ3) is 2.64. The molecule has 1 atom stereocenters. The molecule has 1 aliphatic heterocycles. The second kappa shape index (κ2) is 5.54. The quantitative estimate of drug-likeness (QED) is 0.582. The molecule has 1 aliphatic rings. The Balaban J connectivity index is 1.70. The van der Waals surface area contributed by atoms with Crippen LogP contribution in [0.5, 0.6) is 0 Å². The Morgan fingerprint density at radius 1 is 1.14 bits per heavy atom. The molecular weight excluding hydrogens is 268 g/mol. The maximum atomic E-state index is 11.9. The largest absolute Gasteiger partial charge is 0.419 e. The zero-order chi connectivity index (χ0) is 14.7. The molecule has 21 heavy (non-hydrogen) atoms. The van der Waals surface area contributed by atoms with Gasteiger partial charge in [0.15, 0.2) is 0 Å². The van der Waals surface area contributed by atoms with Crippen molar-refractivity contribution < 1.29 is 9.53 Å². The number of hydrogen-bond donors (Lipinski definition) is 3. The third-order valence-electron chi connectivity index (χ3n) is 3.12. The van der Waals surface area contributed by atoms with Crippen LogP contribution in [0.25, 0.3) is 0 Å². The van der Waals surface area contributed by atoms with Gasteiger partial charge < -0.3 is 15.9 Å². The van der Waals surface area contributed by atoms with Crippen LogP contribution in [0.4, 0.5) is 16.2 Å². The van der Waals surface area contributed by atoms with Crippen molar-refractivity contribution in [2.45, 2.75) is 6.23 Å². The van der Waals surface area contributed by atoms with Crippen molar-refractivity contribution in [3.05, 3.63) is 60.2 Å². The number of fused-ring (bicyclic) bond motifs is 1. The summed E-state index contributed by atoms with van der Waals surface area (Å²) in [6, 6.07) is 16.6. The number of nitrogens with zero attached hydrogens (tertiary/aromatic N) is 1. The van der Waals surface area contributed by atoms with E-state index in [1.54, 1.807) is 12.1 Å². The van der Waals surface area contributed by atoms with E-state index >= 15 is 0 Å². The van der Waals surface area contributed by atoms with Crippen LogP contribution in [0.2, 0.25) is 0 Å². The fourth-order valence-electron chi connectivity index (χ4n) is 2.18. The third-order valence-corrected chi connectivity index (χ3v) is 3.12. The van der Waals surface area contributed by atoms with Crippen molar-refractivity contribution in [3.8, 4) is 0 Å². The van der Waals surface area contributed by atoms with E-state index in [9.17, 15) is 4.79 Å². The van der Waals surface area contributed by atoms with E-state index in [1.165, 1.54) is 0 Å². The minimum Gasteiger partial charge on any atom is -0.419 e. The highest BCUT2D eigenvalue weighted by atomic mass is 16.6. The highest BCUT2D eigenvalue weighted by Gasteiger charge is 2.30. The van der Waals surface area contributed by atoms with Crippen molar-refractivity contribution >= 4 is 23.2 Å². The van der Waals surface area contributed by atoms with Crippen molar-refractivity contribution in [3.63, 3.8) is 0 Å². The van der Waals surface area contributed by atoms with Gasteiger partial charge in [-0.15, -0.1) is 0 Å². The smallest absolute Gasteiger partial charge is 0.413 e. The van der Waals surface area contributed by atoms with Crippen LogP contribution in [0, 0.1) is 0 Å². The number of carbonyl (C=O) groups excluding carboxylic acids is 1. The summed E-state index contributed by atoms with van der Waals surface area (Å²) in [5.74, 6) is 5.40. The van der Waals surface area contributed by atoms with Gasteiger partial charge in [-0.25, -0.2) is 4.79 Å². The SMILES string of the molecule is NN=C1c2ccccc2N[C@H]1OC(=O)Nc1ccccc1. The molecule has 0 fully saturated rings. The summed E-state index contributed by atoms with van der Waals surface area (Å²) in [5, 5.41) is 9.42. The first-order chi connectivity index (χ1) is 10.3. The first kappa shape index (κ1) is 13.0. The van der Waals surface area contributed by atoms with Crippen LogP contribution >= 0.6 is 0 Å². The Morgan fingerprint density at radius 3 is 2.62 bits per heavy atom. The average molecular weight is 282 g/mol. The molecule has 1 amide bonds. The predicted octanol–water partition coefficient (Wildman–Crippen LogP) is 2.35. The van der Waals surface area contributed by atoms with Gasteiger partial charge in [-0.1, -0.05) is 36.4 Å². The Kier molecular flexibility index (Phi) is 3.42. The van der Waals surface area contributed by atoms with E-state index in [1.807, 2.05) is 42.5 Å². The number of para-hydroxylation sites is 2. The van der Waals surface area contributed by atoms with Crippen LogP contribution < -0.4 is 16.5 Å². The molecule has 0 radical (unpaired) electrons. The summed E-state index contributed by atoms with van der Waals surface area (Å²) >= 11 is 0. The second-order valence-corrected chi connectivity index (χ2v) is 4.48. The Labute approximate surface area is 121 Å². The van der Waals surface area contributed by atoms with Crippen LogP contribution in [-0.4, -0.2) is 18.0 Å². The lowest BCUT2D eigenvalue weighted by atomic mass is 10.1. The van der Waals surface area contributed by atoms with Gasteiger partial charge in [-0.2, -0.15) is 5.10 Å². The lowest BCUT2D eigenvalue weighted by Crippen LogP contribution is -2.32. The normalized spacial score (nSPS) is 17.9. The van der Waals surface area contributed by atoms with Gasteiger partial charge in [0.05, 0.1) is 0 Å². The number of hydrazone groups is 1. The molecular formula is C15H14N4O2. The number of anilines is 2. The molecule has 6 heteroatoms. The number of nitrogens with two attached hydrogens (primary N) is 1. The number of ether oxygens (including phenoxy) is 1. The Bertz CT molecular complexity index is 685. The number of nitrogens with one attached hydrogen (secondary N) is 2. The molecule has 0 saturated heterocycles. The van der Waals surface area contributed by atoms with E-state index in [2.05, 4.69) is 15.7 Å². The van der Waals surface area contributed by atoms with Crippen molar-refractivity contribution in [2.75, 3.05) is 10.6 Å². The molecule has 3 rings (SSSR count). The first-order valence-electron chi connectivity index (χ1n) is 6.44. The lowest BCUT2D eigenvalue weighted by Gasteiger charge is -2.14. The Hall–Kier alpha value is -3.02. The van der Waals surface area contributed by atoms with E-state index in [4.69, 9.17) is 10.6 Å². The topological polar surface area (TPSA) is 88.7 Å². The number of carbonyl (C=O) groups is 1. The van der Waals surface area contributed by atoms with Crippen LogP contribution in [-0.2, 0) is 4.74 Å². The van der Waals surface area contributed by atoms with Crippen LogP contribution in [0.1, 0.15) is 5.56 Å². The number of amides is 1. The van der Waals surface area contributed by atoms with Crippen molar-refractivity contribution in [2.24, 2.45) is 10.9 Å². The monoisotopic (exact) mass is 282 g/mol. The van der Waals surface area contributed by atoms with Crippen molar-refractivity contribution in [1.29, 1.82) is 0 Å². The summed E-state index contributed by atoms with van der Waals surface area (Å²) in [6.45, 7) is 0. The molecule has 0 saturated carbocycles. The summed E-state index contributed by atoms with van der Waals surface area (Å²) in [6.07, 6.45) is -1.27. The molecule has 1 heterocycles. The molecule has 0 aromatic heterocycles. The van der Waals surface area contributed by atoms with E-state index in [0.29, 0.717) is 11.4 Å². The minimum absolute atomic E-state index is 0.494. The molecule has 0 bridgehead atoms. The van der Waals surface area contributed by atoms with Gasteiger partial charge >= 0.3 is 6.09 Å².